The van der Waals surface area contributed by atoms with Gasteiger partial charge in [-0.15, -0.1) is 0 Å². The van der Waals surface area contributed by atoms with Gasteiger partial charge in [0.2, 0.25) is 0 Å². The van der Waals surface area contributed by atoms with Crippen molar-refractivity contribution in [2.75, 3.05) is 5.43 Å². The Morgan fingerprint density at radius 3 is 2.50 bits per heavy atom. The van der Waals surface area contributed by atoms with Crippen molar-refractivity contribution in [2.24, 2.45) is 5.84 Å². The molecule has 0 amide bonds. The number of hydrazine groups is 1. The monoisotopic (exact) mass is 194 g/mol. The van der Waals surface area contributed by atoms with E-state index in [1.807, 2.05) is 24.3 Å². The molecule has 76 valence electrons. The molecular weight excluding hydrogens is 180 g/mol. The lowest BCUT2D eigenvalue weighted by Crippen LogP contribution is -2.06. The van der Waals surface area contributed by atoms with Crippen molar-refractivity contribution < 1.29 is 9.90 Å². The molecule has 0 unspecified atom stereocenters. The van der Waals surface area contributed by atoms with Gasteiger partial charge in [-0.1, -0.05) is 12.1 Å². The number of hydrogen-bond donors (Lipinski definition) is 3. The molecule has 0 fully saturated rings. The van der Waals surface area contributed by atoms with Gasteiger partial charge in [-0.05, 0) is 30.5 Å². The van der Waals surface area contributed by atoms with Gasteiger partial charge in [0.05, 0.1) is 0 Å². The molecule has 0 bridgehead atoms. The first-order valence-corrected chi connectivity index (χ1v) is 4.49. The molecule has 1 rings (SSSR count). The Morgan fingerprint density at radius 1 is 1.36 bits per heavy atom. The van der Waals surface area contributed by atoms with E-state index in [9.17, 15) is 4.79 Å². The molecule has 0 aliphatic rings. The van der Waals surface area contributed by atoms with Gasteiger partial charge in [-0.2, -0.15) is 0 Å². The first kappa shape index (κ1) is 10.5. The Hall–Kier alpha value is -1.55. The number of nitrogens with one attached hydrogen (secondary N) is 1. The minimum absolute atomic E-state index is 0.219. The molecular formula is C10H14N2O2. The lowest BCUT2D eigenvalue weighted by atomic mass is 10.1. The van der Waals surface area contributed by atoms with Gasteiger partial charge in [0, 0.05) is 12.1 Å². The molecule has 0 atom stereocenters. The third kappa shape index (κ3) is 3.45. The molecule has 0 aromatic heterocycles. The van der Waals surface area contributed by atoms with Crippen molar-refractivity contribution in [3.63, 3.8) is 0 Å². The molecule has 4 N–H and O–H groups in total. The SMILES string of the molecule is NNc1ccc(CCCC(=O)O)cc1. The second kappa shape index (κ2) is 5.24. The van der Waals surface area contributed by atoms with Crippen LogP contribution in [0.2, 0.25) is 0 Å². The summed E-state index contributed by atoms with van der Waals surface area (Å²) >= 11 is 0. The van der Waals surface area contributed by atoms with E-state index >= 15 is 0 Å². The molecule has 4 nitrogen and oxygen atoms in total. The Morgan fingerprint density at radius 2 is 2.00 bits per heavy atom. The van der Waals surface area contributed by atoms with Gasteiger partial charge in [0.1, 0.15) is 0 Å². The van der Waals surface area contributed by atoms with E-state index in [0.717, 1.165) is 17.7 Å². The summed E-state index contributed by atoms with van der Waals surface area (Å²) in [6, 6.07) is 7.63. The summed E-state index contributed by atoms with van der Waals surface area (Å²) in [7, 11) is 0. The summed E-state index contributed by atoms with van der Waals surface area (Å²) in [5, 5.41) is 8.45. The number of benzene rings is 1. The molecule has 1 aromatic carbocycles. The topological polar surface area (TPSA) is 75.3 Å². The van der Waals surface area contributed by atoms with Crippen molar-refractivity contribution in [2.45, 2.75) is 19.3 Å². The molecule has 0 spiro atoms. The van der Waals surface area contributed by atoms with Crippen LogP contribution in [0.3, 0.4) is 0 Å². The molecule has 4 heteroatoms. The molecule has 0 aliphatic carbocycles. The predicted octanol–water partition coefficient (Wildman–Crippen LogP) is 1.38. The van der Waals surface area contributed by atoms with Crippen LogP contribution < -0.4 is 11.3 Å². The third-order valence-electron chi connectivity index (χ3n) is 1.98. The van der Waals surface area contributed by atoms with E-state index in [2.05, 4.69) is 5.43 Å². The Balaban J connectivity index is 2.40. The molecule has 1 aromatic rings. The molecule has 0 saturated carbocycles. The maximum atomic E-state index is 10.3. The normalized spacial score (nSPS) is 9.79. The van der Waals surface area contributed by atoms with Crippen LogP contribution in [0.5, 0.6) is 0 Å². The Labute approximate surface area is 82.7 Å². The Bertz CT molecular complexity index is 295. The highest BCUT2D eigenvalue weighted by molar-refractivity contribution is 5.66. The summed E-state index contributed by atoms with van der Waals surface area (Å²) in [5.74, 6) is 4.47. The highest BCUT2D eigenvalue weighted by atomic mass is 16.4. The van der Waals surface area contributed by atoms with E-state index in [4.69, 9.17) is 10.9 Å². The van der Waals surface area contributed by atoms with Crippen LogP contribution in [0, 0.1) is 0 Å². The zero-order chi connectivity index (χ0) is 10.4. The Kier molecular flexibility index (Phi) is 3.94. The molecule has 0 heterocycles. The maximum Gasteiger partial charge on any atom is 0.303 e. The number of carboxylic acid groups (broad SMARTS) is 1. The number of anilines is 1. The lowest BCUT2D eigenvalue weighted by Gasteiger charge is -2.02. The van der Waals surface area contributed by atoms with Gasteiger partial charge < -0.3 is 10.5 Å². The smallest absolute Gasteiger partial charge is 0.303 e. The van der Waals surface area contributed by atoms with E-state index in [1.165, 1.54) is 0 Å². The van der Waals surface area contributed by atoms with Gasteiger partial charge in [0.15, 0.2) is 0 Å². The summed E-state index contributed by atoms with van der Waals surface area (Å²) in [5.41, 5.74) is 4.52. The standard InChI is InChI=1S/C10H14N2O2/c11-12-9-6-4-8(5-7-9)2-1-3-10(13)14/h4-7,12H,1-3,11H2,(H,13,14). The van der Waals surface area contributed by atoms with Crippen LogP contribution in [-0.2, 0) is 11.2 Å². The first-order valence-electron chi connectivity index (χ1n) is 4.49. The van der Waals surface area contributed by atoms with Crippen LogP contribution in [0.25, 0.3) is 0 Å². The van der Waals surface area contributed by atoms with Crippen molar-refractivity contribution >= 4 is 11.7 Å². The van der Waals surface area contributed by atoms with E-state index in [-0.39, 0.29) is 6.42 Å². The van der Waals surface area contributed by atoms with Gasteiger partial charge in [0.25, 0.3) is 0 Å². The predicted molar refractivity (Wildman–Crippen MR) is 54.8 cm³/mol. The van der Waals surface area contributed by atoms with Crippen LogP contribution >= 0.6 is 0 Å². The van der Waals surface area contributed by atoms with E-state index in [1.54, 1.807) is 0 Å². The fraction of sp³-hybridized carbons (Fsp3) is 0.300. The first-order chi connectivity index (χ1) is 6.72. The van der Waals surface area contributed by atoms with E-state index in [0.29, 0.717) is 6.42 Å². The third-order valence-corrected chi connectivity index (χ3v) is 1.98. The minimum atomic E-state index is -0.745. The number of nitrogens with two attached hydrogens (primary N) is 1. The van der Waals surface area contributed by atoms with Crippen molar-refractivity contribution in [3.05, 3.63) is 29.8 Å². The summed E-state index contributed by atoms with van der Waals surface area (Å²) in [6.45, 7) is 0. The van der Waals surface area contributed by atoms with Gasteiger partial charge in [-0.3, -0.25) is 10.6 Å². The zero-order valence-corrected chi connectivity index (χ0v) is 7.86. The molecule has 14 heavy (non-hydrogen) atoms. The van der Waals surface area contributed by atoms with E-state index < -0.39 is 5.97 Å². The quantitative estimate of drug-likeness (QED) is 0.489. The second-order valence-corrected chi connectivity index (χ2v) is 3.09. The minimum Gasteiger partial charge on any atom is -0.481 e. The van der Waals surface area contributed by atoms with Crippen molar-refractivity contribution in [3.8, 4) is 0 Å². The lowest BCUT2D eigenvalue weighted by molar-refractivity contribution is -0.137. The van der Waals surface area contributed by atoms with Crippen LogP contribution in [0.1, 0.15) is 18.4 Å². The van der Waals surface area contributed by atoms with Crippen molar-refractivity contribution in [1.29, 1.82) is 0 Å². The van der Waals surface area contributed by atoms with Gasteiger partial charge >= 0.3 is 5.97 Å². The largest absolute Gasteiger partial charge is 0.481 e. The molecule has 0 radical (unpaired) electrons. The average molecular weight is 194 g/mol. The summed E-state index contributed by atoms with van der Waals surface area (Å²) in [4.78, 5) is 10.3. The highest BCUT2D eigenvalue weighted by Gasteiger charge is 1.98. The highest BCUT2D eigenvalue weighted by Crippen LogP contribution is 2.10. The number of aryl methyl sites for hydroxylation is 1. The van der Waals surface area contributed by atoms with Crippen molar-refractivity contribution in [1.82, 2.24) is 0 Å². The fourth-order valence-corrected chi connectivity index (χ4v) is 1.21. The van der Waals surface area contributed by atoms with Gasteiger partial charge in [-0.25, -0.2) is 0 Å². The number of carboxylic acids is 1. The zero-order valence-electron chi connectivity index (χ0n) is 7.86. The fourth-order valence-electron chi connectivity index (χ4n) is 1.21. The van der Waals surface area contributed by atoms with Crippen LogP contribution in [0.15, 0.2) is 24.3 Å². The number of hydrogen-bond acceptors (Lipinski definition) is 3. The average Bonchev–Trinajstić information content (AvgIpc) is 2.18. The number of nitrogen functional groups attached to an aromatic ring is 1. The number of rotatable bonds is 5. The summed E-state index contributed by atoms with van der Waals surface area (Å²) in [6.07, 6.45) is 1.68. The maximum absolute atomic E-state index is 10.3. The molecule has 0 saturated heterocycles. The second-order valence-electron chi connectivity index (χ2n) is 3.09. The molecule has 0 aliphatic heterocycles. The van der Waals surface area contributed by atoms with Crippen LogP contribution in [0.4, 0.5) is 5.69 Å². The summed E-state index contributed by atoms with van der Waals surface area (Å²) < 4.78 is 0. The number of carbonyl (C=O) groups is 1. The van der Waals surface area contributed by atoms with Crippen LogP contribution in [-0.4, -0.2) is 11.1 Å². The number of aliphatic carboxylic acids is 1.